The third-order valence-electron chi connectivity index (χ3n) is 2.93. The van der Waals surface area contributed by atoms with E-state index in [4.69, 9.17) is 5.11 Å². The number of rotatable bonds is 4. The van der Waals surface area contributed by atoms with E-state index in [1.54, 1.807) is 0 Å². The largest absolute Gasteiger partial charge is 0.390 e. The van der Waals surface area contributed by atoms with Crippen LogP contribution in [0, 0.1) is 0 Å². The van der Waals surface area contributed by atoms with Crippen LogP contribution in [0.15, 0.2) is 24.3 Å². The zero-order chi connectivity index (χ0) is 11.6. The first-order valence-corrected chi connectivity index (χ1v) is 5.39. The van der Waals surface area contributed by atoms with Crippen LogP contribution in [0.5, 0.6) is 0 Å². The van der Waals surface area contributed by atoms with Crippen molar-refractivity contribution in [2.75, 3.05) is 13.2 Å². The number of alkyl halides is 2. The minimum absolute atomic E-state index is 0.0647. The Morgan fingerprint density at radius 3 is 2.31 bits per heavy atom. The minimum atomic E-state index is -3.02. The lowest BCUT2D eigenvalue weighted by atomic mass is 10.1. The maximum Gasteiger partial charge on any atom is 0.282 e. The smallest absolute Gasteiger partial charge is 0.282 e. The molecular formula is C12H15F2NO. The lowest BCUT2D eigenvalue weighted by molar-refractivity contribution is -0.0491. The van der Waals surface area contributed by atoms with Gasteiger partial charge >= 0.3 is 0 Å². The van der Waals surface area contributed by atoms with E-state index >= 15 is 0 Å². The van der Waals surface area contributed by atoms with Crippen molar-refractivity contribution in [3.8, 4) is 0 Å². The van der Waals surface area contributed by atoms with Crippen LogP contribution in [0.2, 0.25) is 0 Å². The second-order valence-corrected chi connectivity index (χ2v) is 4.27. The van der Waals surface area contributed by atoms with Crippen molar-refractivity contribution in [3.63, 3.8) is 0 Å². The number of fused-ring (bicyclic) bond motifs is 1. The Morgan fingerprint density at radius 2 is 1.81 bits per heavy atom. The van der Waals surface area contributed by atoms with Crippen LogP contribution in [-0.2, 0) is 12.8 Å². The number of hydrogen-bond acceptors (Lipinski definition) is 2. The van der Waals surface area contributed by atoms with Gasteiger partial charge in [0.1, 0.15) is 6.61 Å². The van der Waals surface area contributed by atoms with Gasteiger partial charge in [-0.15, -0.1) is 0 Å². The lowest BCUT2D eigenvalue weighted by Crippen LogP contribution is -2.41. The van der Waals surface area contributed by atoms with E-state index < -0.39 is 19.1 Å². The molecule has 1 aliphatic rings. The molecule has 16 heavy (non-hydrogen) atoms. The maximum absolute atomic E-state index is 12.8. The molecule has 0 aliphatic heterocycles. The first-order chi connectivity index (χ1) is 7.61. The van der Waals surface area contributed by atoms with Crippen molar-refractivity contribution in [1.82, 2.24) is 5.32 Å². The molecule has 0 heterocycles. The molecule has 2 rings (SSSR count). The Bertz CT molecular complexity index is 343. The van der Waals surface area contributed by atoms with Crippen molar-refractivity contribution in [2.24, 2.45) is 0 Å². The van der Waals surface area contributed by atoms with E-state index in [9.17, 15) is 8.78 Å². The van der Waals surface area contributed by atoms with Gasteiger partial charge < -0.3 is 10.4 Å². The number of aliphatic hydroxyl groups is 1. The normalized spacial score (nSPS) is 16.4. The standard InChI is InChI=1S/C12H15F2NO/c13-12(14,8-16)7-15-11-5-9-3-1-2-4-10(9)6-11/h1-4,11,15-16H,5-8H2. The van der Waals surface area contributed by atoms with Crippen molar-refractivity contribution in [2.45, 2.75) is 24.8 Å². The van der Waals surface area contributed by atoms with Crippen molar-refractivity contribution in [1.29, 1.82) is 0 Å². The summed E-state index contributed by atoms with van der Waals surface area (Å²) < 4.78 is 25.6. The molecule has 0 saturated heterocycles. The fraction of sp³-hybridized carbons (Fsp3) is 0.500. The van der Waals surface area contributed by atoms with Gasteiger partial charge in [0.25, 0.3) is 5.92 Å². The number of aliphatic hydroxyl groups excluding tert-OH is 1. The molecule has 0 radical (unpaired) electrons. The molecule has 0 saturated carbocycles. The summed E-state index contributed by atoms with van der Waals surface area (Å²) in [5.41, 5.74) is 2.46. The first kappa shape index (κ1) is 11.5. The third kappa shape index (κ3) is 2.57. The van der Waals surface area contributed by atoms with Gasteiger partial charge in [0, 0.05) is 6.04 Å². The van der Waals surface area contributed by atoms with Crippen LogP contribution < -0.4 is 5.32 Å². The maximum atomic E-state index is 12.8. The van der Waals surface area contributed by atoms with Gasteiger partial charge in [0.2, 0.25) is 0 Å². The summed E-state index contributed by atoms with van der Waals surface area (Å²) in [6, 6.07) is 8.05. The highest BCUT2D eigenvalue weighted by Crippen LogP contribution is 2.22. The molecule has 0 unspecified atom stereocenters. The van der Waals surface area contributed by atoms with Gasteiger partial charge in [0.15, 0.2) is 0 Å². The Hall–Kier alpha value is -1.00. The molecule has 0 fully saturated rings. The highest BCUT2D eigenvalue weighted by atomic mass is 19.3. The van der Waals surface area contributed by atoms with Crippen LogP contribution >= 0.6 is 0 Å². The number of hydrogen-bond donors (Lipinski definition) is 2. The molecule has 0 amide bonds. The molecule has 1 aliphatic carbocycles. The summed E-state index contributed by atoms with van der Waals surface area (Å²) in [5.74, 6) is -3.02. The van der Waals surface area contributed by atoms with Gasteiger partial charge in [-0.25, -0.2) is 8.78 Å². The molecule has 2 nitrogen and oxygen atoms in total. The Morgan fingerprint density at radius 1 is 1.25 bits per heavy atom. The fourth-order valence-electron chi connectivity index (χ4n) is 2.05. The van der Waals surface area contributed by atoms with E-state index in [0.29, 0.717) is 0 Å². The Balaban J connectivity index is 1.88. The van der Waals surface area contributed by atoms with E-state index in [2.05, 4.69) is 5.32 Å². The van der Waals surface area contributed by atoms with Gasteiger partial charge in [-0.1, -0.05) is 24.3 Å². The summed E-state index contributed by atoms with van der Waals surface area (Å²) in [5, 5.41) is 11.3. The number of nitrogens with one attached hydrogen (secondary N) is 1. The highest BCUT2D eigenvalue weighted by molar-refractivity contribution is 5.33. The first-order valence-electron chi connectivity index (χ1n) is 5.39. The molecule has 2 N–H and O–H groups in total. The minimum Gasteiger partial charge on any atom is -0.390 e. The quantitative estimate of drug-likeness (QED) is 0.814. The second kappa shape index (κ2) is 4.47. The van der Waals surface area contributed by atoms with Gasteiger partial charge in [-0.3, -0.25) is 0 Å². The Labute approximate surface area is 93.3 Å². The second-order valence-electron chi connectivity index (χ2n) is 4.27. The molecule has 1 aromatic rings. The van der Waals surface area contributed by atoms with Gasteiger partial charge in [-0.2, -0.15) is 0 Å². The van der Waals surface area contributed by atoms with Crippen LogP contribution in [0.1, 0.15) is 11.1 Å². The van der Waals surface area contributed by atoms with E-state index in [-0.39, 0.29) is 6.04 Å². The molecule has 1 aromatic carbocycles. The molecular weight excluding hydrogens is 212 g/mol. The molecule has 0 atom stereocenters. The molecule has 0 bridgehead atoms. The molecule has 88 valence electrons. The predicted octanol–water partition coefficient (Wildman–Crippen LogP) is 1.37. The third-order valence-corrected chi connectivity index (χ3v) is 2.93. The Kier molecular flexibility index (Phi) is 3.21. The average Bonchev–Trinajstić information content (AvgIpc) is 2.69. The van der Waals surface area contributed by atoms with Crippen molar-refractivity contribution >= 4 is 0 Å². The van der Waals surface area contributed by atoms with E-state index in [0.717, 1.165) is 12.8 Å². The van der Waals surface area contributed by atoms with Crippen LogP contribution in [0.3, 0.4) is 0 Å². The van der Waals surface area contributed by atoms with Crippen LogP contribution in [0.4, 0.5) is 8.78 Å². The van der Waals surface area contributed by atoms with Crippen molar-refractivity contribution < 1.29 is 13.9 Å². The zero-order valence-corrected chi connectivity index (χ0v) is 8.92. The predicted molar refractivity (Wildman–Crippen MR) is 57.7 cm³/mol. The fourth-order valence-corrected chi connectivity index (χ4v) is 2.05. The topological polar surface area (TPSA) is 32.3 Å². The SMILES string of the molecule is OCC(F)(F)CNC1Cc2ccccc2C1. The monoisotopic (exact) mass is 227 g/mol. The van der Waals surface area contributed by atoms with Gasteiger partial charge in [0.05, 0.1) is 6.54 Å². The zero-order valence-electron chi connectivity index (χ0n) is 8.92. The summed E-state index contributed by atoms with van der Waals surface area (Å²) in [7, 11) is 0. The highest BCUT2D eigenvalue weighted by Gasteiger charge is 2.30. The molecule has 4 heteroatoms. The van der Waals surface area contributed by atoms with Gasteiger partial charge in [-0.05, 0) is 24.0 Å². The van der Waals surface area contributed by atoms with Crippen LogP contribution in [0.25, 0.3) is 0 Å². The van der Waals surface area contributed by atoms with Crippen molar-refractivity contribution in [3.05, 3.63) is 35.4 Å². The molecule has 0 spiro atoms. The summed E-state index contributed by atoms with van der Waals surface area (Å²) in [6.45, 7) is -1.55. The molecule has 0 aromatic heterocycles. The van der Waals surface area contributed by atoms with E-state index in [1.165, 1.54) is 11.1 Å². The summed E-state index contributed by atoms with van der Waals surface area (Å²) in [6.07, 6.45) is 1.58. The number of benzene rings is 1. The summed E-state index contributed by atoms with van der Waals surface area (Å²) >= 11 is 0. The number of halogens is 2. The van der Waals surface area contributed by atoms with E-state index in [1.807, 2.05) is 24.3 Å². The summed E-state index contributed by atoms with van der Waals surface area (Å²) in [4.78, 5) is 0. The van der Waals surface area contributed by atoms with Crippen LogP contribution in [-0.4, -0.2) is 30.2 Å². The average molecular weight is 227 g/mol. The lowest BCUT2D eigenvalue weighted by Gasteiger charge is -2.17.